The van der Waals surface area contributed by atoms with Gasteiger partial charge in [-0.2, -0.15) is 20.4 Å². The third-order valence-electron chi connectivity index (χ3n) is 6.18. The number of amides is 1. The highest BCUT2D eigenvalue weighted by atomic mass is 35.5. The van der Waals surface area contributed by atoms with Gasteiger partial charge < -0.3 is 5.32 Å². The fourth-order valence-electron chi connectivity index (χ4n) is 4.14. The molecule has 0 unspecified atom stereocenters. The van der Waals surface area contributed by atoms with Crippen LogP contribution in [-0.4, -0.2) is 69.3 Å². The Hall–Kier alpha value is -2.12. The first kappa shape index (κ1) is 29.9. The number of nitrogens with zero attached hydrogens (tertiary/aromatic N) is 2. The van der Waals surface area contributed by atoms with Crippen LogP contribution in [0.2, 0.25) is 10.0 Å². The van der Waals surface area contributed by atoms with Crippen molar-refractivity contribution in [3.05, 3.63) is 94.5 Å². The highest BCUT2D eigenvalue weighted by molar-refractivity contribution is 7.98. The number of hydrogen-bond acceptors (Lipinski definition) is 6. The van der Waals surface area contributed by atoms with E-state index in [1.807, 2.05) is 0 Å². The Balaban J connectivity index is 1.49. The Kier molecular flexibility index (Phi) is 9.97. The molecule has 1 atom stereocenters. The monoisotopic (exact) mass is 627 g/mol. The van der Waals surface area contributed by atoms with Crippen molar-refractivity contribution in [1.29, 1.82) is 0 Å². The van der Waals surface area contributed by atoms with E-state index in [0.29, 0.717) is 21.6 Å². The molecule has 39 heavy (non-hydrogen) atoms. The second-order valence-corrected chi connectivity index (χ2v) is 14.4. The van der Waals surface area contributed by atoms with Gasteiger partial charge in [0.1, 0.15) is 6.04 Å². The lowest BCUT2D eigenvalue weighted by Gasteiger charge is -2.38. The van der Waals surface area contributed by atoms with Crippen LogP contribution in [0.3, 0.4) is 0 Å². The van der Waals surface area contributed by atoms with Gasteiger partial charge in [-0.1, -0.05) is 65.7 Å². The molecule has 0 radical (unpaired) electrons. The summed E-state index contributed by atoms with van der Waals surface area (Å²) in [5.74, 6) is 0.478. The predicted octanol–water partition coefficient (Wildman–Crippen LogP) is 4.11. The molecular weight excluding hydrogens is 601 g/mol. The van der Waals surface area contributed by atoms with Crippen LogP contribution in [0.5, 0.6) is 0 Å². The molecule has 1 aliphatic heterocycles. The summed E-state index contributed by atoms with van der Waals surface area (Å²) in [5.41, 5.74) is 0.798. The molecule has 1 fully saturated rings. The molecule has 1 amide bonds. The molecule has 1 heterocycles. The van der Waals surface area contributed by atoms with Crippen LogP contribution in [0.1, 0.15) is 5.56 Å². The van der Waals surface area contributed by atoms with Crippen molar-refractivity contribution in [1.82, 2.24) is 13.9 Å². The summed E-state index contributed by atoms with van der Waals surface area (Å²) >= 11 is 13.9. The number of thioether (sulfide) groups is 1. The van der Waals surface area contributed by atoms with Crippen LogP contribution in [-0.2, 0) is 30.6 Å². The van der Waals surface area contributed by atoms with Gasteiger partial charge >= 0.3 is 0 Å². The molecule has 3 aromatic carbocycles. The Morgan fingerprint density at radius 1 is 0.821 bits per heavy atom. The van der Waals surface area contributed by atoms with Gasteiger partial charge in [-0.3, -0.25) is 4.79 Å². The highest BCUT2D eigenvalue weighted by Gasteiger charge is 2.43. The van der Waals surface area contributed by atoms with Gasteiger partial charge in [0, 0.05) is 47.7 Å². The lowest BCUT2D eigenvalue weighted by atomic mass is 10.2. The number of sulfonamides is 2. The van der Waals surface area contributed by atoms with Crippen LogP contribution in [0.25, 0.3) is 0 Å². The Labute approximate surface area is 243 Å². The molecule has 0 aliphatic carbocycles. The highest BCUT2D eigenvalue weighted by Crippen LogP contribution is 2.28. The molecule has 1 aliphatic rings. The fourth-order valence-corrected chi connectivity index (χ4v) is 8.78. The van der Waals surface area contributed by atoms with Crippen molar-refractivity contribution in [3.8, 4) is 0 Å². The van der Waals surface area contributed by atoms with Crippen LogP contribution in [0.15, 0.2) is 88.7 Å². The van der Waals surface area contributed by atoms with Crippen molar-refractivity contribution in [2.45, 2.75) is 21.6 Å². The first-order chi connectivity index (χ1) is 18.6. The molecule has 1 saturated heterocycles. The average Bonchev–Trinajstić information content (AvgIpc) is 2.94. The Morgan fingerprint density at radius 2 is 1.38 bits per heavy atom. The van der Waals surface area contributed by atoms with Crippen LogP contribution in [0, 0.1) is 0 Å². The minimum absolute atomic E-state index is 0.0364. The summed E-state index contributed by atoms with van der Waals surface area (Å²) in [5, 5.41) is 3.90. The molecule has 208 valence electrons. The van der Waals surface area contributed by atoms with E-state index >= 15 is 0 Å². The summed E-state index contributed by atoms with van der Waals surface area (Å²) in [7, 11) is -7.98. The molecule has 8 nitrogen and oxygen atoms in total. The summed E-state index contributed by atoms with van der Waals surface area (Å²) < 4.78 is 55.7. The lowest BCUT2D eigenvalue weighted by Crippen LogP contribution is -2.61. The number of benzene rings is 3. The lowest BCUT2D eigenvalue weighted by molar-refractivity contribution is -0.125. The predicted molar refractivity (Wildman–Crippen MR) is 155 cm³/mol. The van der Waals surface area contributed by atoms with E-state index in [-0.39, 0.29) is 36.0 Å². The van der Waals surface area contributed by atoms with E-state index in [2.05, 4.69) is 5.32 Å². The van der Waals surface area contributed by atoms with Gasteiger partial charge in [0.25, 0.3) is 0 Å². The molecule has 4 rings (SSSR count). The van der Waals surface area contributed by atoms with E-state index < -0.39 is 32.0 Å². The summed E-state index contributed by atoms with van der Waals surface area (Å²) in [4.78, 5) is 13.5. The summed E-state index contributed by atoms with van der Waals surface area (Å²) in [6, 6.07) is 19.7. The smallest absolute Gasteiger partial charge is 0.243 e. The minimum Gasteiger partial charge on any atom is -0.354 e. The van der Waals surface area contributed by atoms with Crippen molar-refractivity contribution in [3.63, 3.8) is 0 Å². The third kappa shape index (κ3) is 6.97. The standard InChI is InChI=1S/C26H27Cl2N3O5S3/c27-23-12-7-13-24(28)22(23)19-37-17-14-29-26(32)25-18-30(38(33,34)20-8-3-1-4-9-20)15-16-31(25)39(35,36)21-10-5-2-6-11-21/h1-13,25H,14-19H2,(H,29,32)/t25-/m0/s1. The average molecular weight is 629 g/mol. The number of piperazine rings is 1. The zero-order valence-electron chi connectivity index (χ0n) is 20.7. The number of carbonyl (C=O) groups is 1. The van der Waals surface area contributed by atoms with E-state index in [0.717, 1.165) is 14.2 Å². The molecule has 1 N–H and O–H groups in total. The van der Waals surface area contributed by atoms with Crippen molar-refractivity contribution >= 4 is 60.9 Å². The van der Waals surface area contributed by atoms with Crippen molar-refractivity contribution < 1.29 is 21.6 Å². The molecule has 0 spiro atoms. The molecule has 13 heteroatoms. The van der Waals surface area contributed by atoms with Gasteiger partial charge in [-0.15, -0.1) is 0 Å². The minimum atomic E-state index is -4.05. The molecule has 0 saturated carbocycles. The first-order valence-electron chi connectivity index (χ1n) is 12.0. The second kappa shape index (κ2) is 13.0. The Morgan fingerprint density at radius 3 is 1.97 bits per heavy atom. The fraction of sp³-hybridized carbons (Fsp3) is 0.269. The zero-order chi connectivity index (χ0) is 28.0. The van der Waals surface area contributed by atoms with E-state index in [1.165, 1.54) is 36.0 Å². The molecule has 0 aromatic heterocycles. The zero-order valence-corrected chi connectivity index (χ0v) is 24.7. The second-order valence-electron chi connectivity index (χ2n) is 8.66. The van der Waals surface area contributed by atoms with Gasteiger partial charge in [-0.05, 0) is 42.0 Å². The molecule has 0 bridgehead atoms. The maximum absolute atomic E-state index is 13.5. The van der Waals surface area contributed by atoms with Crippen LogP contribution in [0.4, 0.5) is 0 Å². The largest absolute Gasteiger partial charge is 0.354 e. The molecular formula is C26H27Cl2N3O5S3. The van der Waals surface area contributed by atoms with E-state index in [9.17, 15) is 21.6 Å². The maximum atomic E-state index is 13.5. The van der Waals surface area contributed by atoms with Gasteiger partial charge in [0.05, 0.1) is 9.79 Å². The first-order valence-corrected chi connectivity index (χ1v) is 16.8. The van der Waals surface area contributed by atoms with Crippen LogP contribution < -0.4 is 5.32 Å². The van der Waals surface area contributed by atoms with Gasteiger partial charge in [-0.25, -0.2) is 16.8 Å². The maximum Gasteiger partial charge on any atom is 0.243 e. The number of rotatable bonds is 10. The number of carbonyl (C=O) groups excluding carboxylic acids is 1. The number of nitrogens with one attached hydrogen (secondary N) is 1. The number of halogens is 2. The normalized spacial score (nSPS) is 17.1. The van der Waals surface area contributed by atoms with Gasteiger partial charge in [0.2, 0.25) is 26.0 Å². The van der Waals surface area contributed by atoms with Crippen molar-refractivity contribution in [2.24, 2.45) is 0 Å². The van der Waals surface area contributed by atoms with Crippen LogP contribution >= 0.6 is 35.0 Å². The van der Waals surface area contributed by atoms with Crippen molar-refractivity contribution in [2.75, 3.05) is 31.9 Å². The van der Waals surface area contributed by atoms with E-state index in [4.69, 9.17) is 23.2 Å². The van der Waals surface area contributed by atoms with Gasteiger partial charge in [0.15, 0.2) is 0 Å². The molecule has 3 aromatic rings. The number of hydrogen-bond donors (Lipinski definition) is 1. The van der Waals surface area contributed by atoms with E-state index in [1.54, 1.807) is 54.6 Å². The quantitative estimate of drug-likeness (QED) is 0.339. The third-order valence-corrected chi connectivity index (χ3v) is 11.7. The SMILES string of the molecule is O=C(NCCSCc1c(Cl)cccc1Cl)[C@@H]1CN(S(=O)(=O)c2ccccc2)CCN1S(=O)(=O)c1ccccc1. The Bertz CT molecular complexity index is 1490. The summed E-state index contributed by atoms with van der Waals surface area (Å²) in [6.45, 7) is -0.313. The summed E-state index contributed by atoms with van der Waals surface area (Å²) in [6.07, 6.45) is 0. The topological polar surface area (TPSA) is 104 Å².